The van der Waals surface area contributed by atoms with Crippen LogP contribution in [0.25, 0.3) is 10.9 Å². The van der Waals surface area contributed by atoms with Crippen molar-refractivity contribution < 1.29 is 44.1 Å². The predicted octanol–water partition coefficient (Wildman–Crippen LogP) is -1.91. The number of carboxylic acids is 2. The first-order chi connectivity index (χ1) is 18.8. The molecule has 5 unspecified atom stereocenters. The van der Waals surface area contributed by atoms with E-state index in [4.69, 9.17) is 16.6 Å². The minimum absolute atomic E-state index is 0.105. The number of fused-ring (bicyclic) bond motifs is 1. The SMILES string of the molecule is CC(O)C(NC(=O)C(CCC(=O)O)NC(=O)C(N)CCC(N)=O)C(=O)NC(Cc1c[nH]c2ccccc12)C(=O)O. The number of aromatic nitrogens is 1. The van der Waals surface area contributed by atoms with E-state index in [1.807, 2.05) is 0 Å². The first-order valence-electron chi connectivity index (χ1n) is 12.4. The zero-order chi connectivity index (χ0) is 30.0. The fraction of sp³-hybridized carbons (Fsp3) is 0.440. The first kappa shape index (κ1) is 31.7. The highest BCUT2D eigenvalue weighted by Crippen LogP contribution is 2.19. The van der Waals surface area contributed by atoms with Gasteiger partial charge in [-0.25, -0.2) is 4.79 Å². The van der Waals surface area contributed by atoms with E-state index in [1.54, 1.807) is 30.5 Å². The van der Waals surface area contributed by atoms with Gasteiger partial charge >= 0.3 is 11.9 Å². The van der Waals surface area contributed by atoms with E-state index in [2.05, 4.69) is 20.9 Å². The number of hydrogen-bond donors (Lipinski definition) is 9. The van der Waals surface area contributed by atoms with E-state index in [0.29, 0.717) is 5.56 Å². The van der Waals surface area contributed by atoms with Gasteiger partial charge in [-0.15, -0.1) is 0 Å². The summed E-state index contributed by atoms with van der Waals surface area (Å²) in [5, 5.41) is 36.5. The second-order valence-corrected chi connectivity index (χ2v) is 9.29. The summed E-state index contributed by atoms with van der Waals surface area (Å²) in [7, 11) is 0. The number of carbonyl (C=O) groups is 6. The molecule has 0 fully saturated rings. The van der Waals surface area contributed by atoms with Crippen LogP contribution in [0.15, 0.2) is 30.5 Å². The summed E-state index contributed by atoms with van der Waals surface area (Å²) in [6, 6.07) is 1.39. The number of aliphatic hydroxyl groups excluding tert-OH is 1. The lowest BCUT2D eigenvalue weighted by Crippen LogP contribution is -2.60. The summed E-state index contributed by atoms with van der Waals surface area (Å²) in [4.78, 5) is 75.4. The number of para-hydroxylation sites is 1. The van der Waals surface area contributed by atoms with Gasteiger partial charge in [0.1, 0.15) is 18.1 Å². The second kappa shape index (κ2) is 14.6. The number of nitrogens with two attached hydrogens (primary N) is 2. The molecular formula is C25H34N6O9. The number of hydrogen-bond acceptors (Lipinski definition) is 8. The van der Waals surface area contributed by atoms with E-state index in [9.17, 15) is 39.0 Å². The fourth-order valence-corrected chi connectivity index (χ4v) is 3.89. The molecule has 2 aromatic rings. The Morgan fingerprint density at radius 3 is 2.15 bits per heavy atom. The molecule has 40 heavy (non-hydrogen) atoms. The average molecular weight is 563 g/mol. The molecule has 2 rings (SSSR count). The van der Waals surface area contributed by atoms with Crippen molar-refractivity contribution in [2.75, 3.05) is 0 Å². The zero-order valence-corrected chi connectivity index (χ0v) is 21.8. The van der Waals surface area contributed by atoms with Crippen LogP contribution in [0.2, 0.25) is 0 Å². The Balaban J connectivity index is 2.15. The monoisotopic (exact) mass is 562 g/mol. The summed E-state index contributed by atoms with van der Waals surface area (Å²) in [5.41, 5.74) is 12.1. The smallest absolute Gasteiger partial charge is 0.326 e. The van der Waals surface area contributed by atoms with Crippen molar-refractivity contribution >= 4 is 46.5 Å². The highest BCUT2D eigenvalue weighted by atomic mass is 16.4. The van der Waals surface area contributed by atoms with E-state index in [1.165, 1.54) is 6.92 Å². The number of carboxylic acid groups (broad SMARTS) is 2. The van der Waals surface area contributed by atoms with Crippen molar-refractivity contribution in [3.05, 3.63) is 36.0 Å². The molecule has 11 N–H and O–H groups in total. The third-order valence-corrected chi connectivity index (χ3v) is 6.09. The number of carbonyl (C=O) groups excluding carboxylic acids is 4. The van der Waals surface area contributed by atoms with Gasteiger partial charge in [-0.1, -0.05) is 18.2 Å². The molecule has 0 aliphatic carbocycles. The van der Waals surface area contributed by atoms with Crippen LogP contribution in [0, 0.1) is 0 Å². The maximum atomic E-state index is 13.0. The third-order valence-electron chi connectivity index (χ3n) is 6.09. The molecule has 5 atom stereocenters. The Morgan fingerprint density at radius 2 is 1.55 bits per heavy atom. The Kier molecular flexibility index (Phi) is 11.6. The fourth-order valence-electron chi connectivity index (χ4n) is 3.89. The predicted molar refractivity (Wildman–Crippen MR) is 140 cm³/mol. The van der Waals surface area contributed by atoms with Gasteiger partial charge in [-0.2, -0.15) is 0 Å². The quantitative estimate of drug-likeness (QED) is 0.109. The van der Waals surface area contributed by atoms with Gasteiger partial charge in [0.2, 0.25) is 23.6 Å². The molecule has 0 bridgehead atoms. The van der Waals surface area contributed by atoms with Gasteiger partial charge in [-0.3, -0.25) is 24.0 Å². The number of H-pyrrole nitrogens is 1. The van der Waals surface area contributed by atoms with Crippen LogP contribution in [0.4, 0.5) is 0 Å². The van der Waals surface area contributed by atoms with Crippen molar-refractivity contribution in [1.29, 1.82) is 0 Å². The molecule has 1 aromatic carbocycles. The van der Waals surface area contributed by atoms with Gasteiger partial charge in [0, 0.05) is 36.4 Å². The van der Waals surface area contributed by atoms with Gasteiger partial charge < -0.3 is 47.7 Å². The lowest BCUT2D eigenvalue weighted by molar-refractivity contribution is -0.143. The number of aliphatic hydroxyl groups is 1. The van der Waals surface area contributed by atoms with Crippen LogP contribution in [0.1, 0.15) is 38.2 Å². The van der Waals surface area contributed by atoms with Crippen molar-refractivity contribution in [3.63, 3.8) is 0 Å². The summed E-state index contributed by atoms with van der Waals surface area (Å²) >= 11 is 0. The van der Waals surface area contributed by atoms with Crippen molar-refractivity contribution in [2.45, 2.75) is 69.3 Å². The normalized spacial score (nSPS) is 14.8. The van der Waals surface area contributed by atoms with Gasteiger partial charge in [0.25, 0.3) is 0 Å². The van der Waals surface area contributed by atoms with Gasteiger partial charge in [-0.05, 0) is 31.4 Å². The topological polar surface area (TPSA) is 267 Å². The van der Waals surface area contributed by atoms with E-state index < -0.39 is 72.3 Å². The molecule has 0 saturated carbocycles. The second-order valence-electron chi connectivity index (χ2n) is 9.29. The Bertz CT molecular complexity index is 1240. The molecule has 0 aliphatic rings. The number of nitrogens with one attached hydrogen (secondary N) is 4. The highest BCUT2D eigenvalue weighted by Gasteiger charge is 2.33. The third kappa shape index (κ3) is 9.36. The molecule has 1 heterocycles. The molecule has 4 amide bonds. The molecule has 218 valence electrons. The lowest BCUT2D eigenvalue weighted by Gasteiger charge is -2.26. The van der Waals surface area contributed by atoms with Crippen molar-refractivity contribution in [3.8, 4) is 0 Å². The van der Waals surface area contributed by atoms with Crippen LogP contribution in [0.5, 0.6) is 0 Å². The van der Waals surface area contributed by atoms with Crippen LogP contribution in [-0.4, -0.2) is 86.1 Å². The molecule has 15 nitrogen and oxygen atoms in total. The molecule has 1 aromatic heterocycles. The zero-order valence-electron chi connectivity index (χ0n) is 21.8. The molecule has 0 saturated heterocycles. The minimum Gasteiger partial charge on any atom is -0.481 e. The van der Waals surface area contributed by atoms with Crippen LogP contribution in [0.3, 0.4) is 0 Å². The largest absolute Gasteiger partial charge is 0.481 e. The lowest BCUT2D eigenvalue weighted by atomic mass is 10.0. The van der Waals surface area contributed by atoms with Crippen LogP contribution < -0.4 is 27.4 Å². The Labute approximate surface area is 228 Å². The summed E-state index contributed by atoms with van der Waals surface area (Å²) in [5.74, 6) is -6.21. The van der Waals surface area contributed by atoms with Crippen molar-refractivity contribution in [2.24, 2.45) is 11.5 Å². The maximum Gasteiger partial charge on any atom is 0.326 e. The maximum absolute atomic E-state index is 13.0. The number of aliphatic carboxylic acids is 2. The molecular weight excluding hydrogens is 528 g/mol. The molecule has 0 spiro atoms. The number of amides is 4. The number of aromatic amines is 1. The molecule has 0 aliphatic heterocycles. The number of rotatable bonds is 16. The first-order valence-corrected chi connectivity index (χ1v) is 12.4. The van der Waals surface area contributed by atoms with Gasteiger partial charge in [0.15, 0.2) is 0 Å². The minimum atomic E-state index is -1.65. The molecule has 15 heteroatoms. The average Bonchev–Trinajstić information content (AvgIpc) is 3.29. The van der Waals surface area contributed by atoms with Gasteiger partial charge in [0.05, 0.1) is 12.1 Å². The summed E-state index contributed by atoms with van der Waals surface area (Å²) in [6.45, 7) is 1.19. The Hall–Kier alpha value is -4.50. The Morgan fingerprint density at radius 1 is 0.900 bits per heavy atom. The highest BCUT2D eigenvalue weighted by molar-refractivity contribution is 5.95. The van der Waals surface area contributed by atoms with E-state index in [-0.39, 0.29) is 25.7 Å². The number of primary amides is 1. The van der Waals surface area contributed by atoms with Crippen LogP contribution >= 0.6 is 0 Å². The van der Waals surface area contributed by atoms with Crippen LogP contribution in [-0.2, 0) is 35.2 Å². The number of benzene rings is 1. The summed E-state index contributed by atoms with van der Waals surface area (Å²) in [6.07, 6.45) is -1.24. The van der Waals surface area contributed by atoms with Crippen molar-refractivity contribution in [1.82, 2.24) is 20.9 Å². The standard InChI is InChI=1S/C25H34N6O9/c1-12(32)21(24(38)30-18(25(39)40)10-13-11-28-16-5-3-2-4-14(13)16)31-23(37)17(7-9-20(34)35)29-22(36)15(26)6-8-19(27)33/h2-5,11-12,15,17-18,21,28,32H,6-10,26H2,1H3,(H2,27,33)(H,29,36)(H,30,38)(H,31,37)(H,34,35)(H,39,40). The summed E-state index contributed by atoms with van der Waals surface area (Å²) < 4.78 is 0. The van der Waals surface area contributed by atoms with E-state index in [0.717, 1.165) is 10.9 Å². The molecule has 0 radical (unpaired) electrons. The van der Waals surface area contributed by atoms with E-state index >= 15 is 0 Å².